The Balaban J connectivity index is 1.52. The van der Waals surface area contributed by atoms with Crippen molar-refractivity contribution in [2.45, 2.75) is 33.2 Å². The SMILES string of the molecule is CCN(CC)C(=O)c1cccc(OCCCN(CCc2cccnc2)Cc2ccncc2)c1. The lowest BCUT2D eigenvalue weighted by atomic mass is 10.2. The van der Waals surface area contributed by atoms with Gasteiger partial charge in [0.05, 0.1) is 6.61 Å². The number of rotatable bonds is 13. The molecule has 6 nitrogen and oxygen atoms in total. The van der Waals surface area contributed by atoms with Crippen molar-refractivity contribution in [2.75, 3.05) is 32.8 Å². The van der Waals surface area contributed by atoms with Crippen molar-refractivity contribution in [3.63, 3.8) is 0 Å². The summed E-state index contributed by atoms with van der Waals surface area (Å²) in [4.78, 5) is 25.2. The van der Waals surface area contributed by atoms with Crippen LogP contribution in [0, 0.1) is 0 Å². The summed E-state index contributed by atoms with van der Waals surface area (Å²) in [5, 5.41) is 0. The normalized spacial score (nSPS) is 10.9. The van der Waals surface area contributed by atoms with Crippen LogP contribution in [0.1, 0.15) is 41.8 Å². The summed E-state index contributed by atoms with van der Waals surface area (Å²) in [7, 11) is 0. The van der Waals surface area contributed by atoms with E-state index in [-0.39, 0.29) is 5.91 Å². The molecule has 0 aliphatic carbocycles. The monoisotopic (exact) mass is 446 g/mol. The van der Waals surface area contributed by atoms with Crippen molar-refractivity contribution in [1.29, 1.82) is 0 Å². The van der Waals surface area contributed by atoms with Gasteiger partial charge in [-0.15, -0.1) is 0 Å². The average molecular weight is 447 g/mol. The van der Waals surface area contributed by atoms with Crippen LogP contribution in [0.3, 0.4) is 0 Å². The molecule has 0 aliphatic rings. The smallest absolute Gasteiger partial charge is 0.253 e. The van der Waals surface area contributed by atoms with Crippen LogP contribution in [0.4, 0.5) is 0 Å². The first-order valence-electron chi connectivity index (χ1n) is 11.7. The Hall–Kier alpha value is -3.25. The highest BCUT2D eigenvalue weighted by Crippen LogP contribution is 2.16. The van der Waals surface area contributed by atoms with Gasteiger partial charge in [-0.3, -0.25) is 19.7 Å². The average Bonchev–Trinajstić information content (AvgIpc) is 2.87. The van der Waals surface area contributed by atoms with Gasteiger partial charge in [0.1, 0.15) is 5.75 Å². The number of nitrogens with zero attached hydrogens (tertiary/aromatic N) is 4. The second-order valence-corrected chi connectivity index (χ2v) is 7.95. The predicted octanol–water partition coefficient (Wildman–Crippen LogP) is 4.47. The minimum Gasteiger partial charge on any atom is -0.494 e. The van der Waals surface area contributed by atoms with E-state index in [1.807, 2.05) is 67.7 Å². The Kier molecular flexibility index (Phi) is 9.86. The van der Waals surface area contributed by atoms with E-state index in [9.17, 15) is 4.79 Å². The van der Waals surface area contributed by atoms with Crippen LogP contribution in [0.25, 0.3) is 0 Å². The second-order valence-electron chi connectivity index (χ2n) is 7.95. The lowest BCUT2D eigenvalue weighted by Crippen LogP contribution is -2.30. The Morgan fingerprint density at radius 2 is 1.73 bits per heavy atom. The molecule has 33 heavy (non-hydrogen) atoms. The fourth-order valence-corrected chi connectivity index (χ4v) is 3.74. The molecule has 0 bridgehead atoms. The van der Waals surface area contributed by atoms with Gasteiger partial charge in [0, 0.05) is 63.1 Å². The highest BCUT2D eigenvalue weighted by atomic mass is 16.5. The van der Waals surface area contributed by atoms with Gasteiger partial charge in [-0.05, 0) is 74.2 Å². The van der Waals surface area contributed by atoms with Gasteiger partial charge in [0.2, 0.25) is 0 Å². The van der Waals surface area contributed by atoms with Crippen molar-refractivity contribution in [3.8, 4) is 5.75 Å². The largest absolute Gasteiger partial charge is 0.494 e. The number of hydrogen-bond donors (Lipinski definition) is 0. The molecule has 0 atom stereocenters. The van der Waals surface area contributed by atoms with Gasteiger partial charge >= 0.3 is 0 Å². The van der Waals surface area contributed by atoms with Gasteiger partial charge < -0.3 is 9.64 Å². The molecule has 0 fully saturated rings. The number of carbonyl (C=O) groups is 1. The Labute approximate surface area is 197 Å². The lowest BCUT2D eigenvalue weighted by molar-refractivity contribution is 0.0772. The van der Waals surface area contributed by atoms with E-state index in [0.29, 0.717) is 25.3 Å². The molecule has 0 aliphatic heterocycles. The van der Waals surface area contributed by atoms with E-state index in [1.54, 1.807) is 6.20 Å². The first-order valence-corrected chi connectivity index (χ1v) is 11.7. The van der Waals surface area contributed by atoms with Crippen molar-refractivity contribution in [3.05, 3.63) is 90.0 Å². The quantitative estimate of drug-likeness (QED) is 0.363. The van der Waals surface area contributed by atoms with Gasteiger partial charge in [-0.2, -0.15) is 0 Å². The fraction of sp³-hybridized carbons (Fsp3) is 0.370. The van der Waals surface area contributed by atoms with Gasteiger partial charge in [0.15, 0.2) is 0 Å². The molecule has 2 heterocycles. The topological polar surface area (TPSA) is 58.6 Å². The molecule has 174 valence electrons. The van der Waals surface area contributed by atoms with E-state index in [4.69, 9.17) is 4.74 Å². The van der Waals surface area contributed by atoms with Crippen LogP contribution in [-0.2, 0) is 13.0 Å². The molecule has 0 radical (unpaired) electrons. The van der Waals surface area contributed by atoms with Crippen molar-refractivity contribution in [1.82, 2.24) is 19.8 Å². The maximum atomic E-state index is 12.6. The summed E-state index contributed by atoms with van der Waals surface area (Å²) in [6, 6.07) is 15.7. The zero-order valence-electron chi connectivity index (χ0n) is 19.7. The van der Waals surface area contributed by atoms with Crippen LogP contribution in [0.5, 0.6) is 5.75 Å². The third-order valence-electron chi connectivity index (χ3n) is 5.61. The number of benzene rings is 1. The predicted molar refractivity (Wildman–Crippen MR) is 131 cm³/mol. The maximum absolute atomic E-state index is 12.6. The zero-order valence-corrected chi connectivity index (χ0v) is 19.7. The Bertz CT molecular complexity index is 962. The third-order valence-corrected chi connectivity index (χ3v) is 5.61. The van der Waals surface area contributed by atoms with Gasteiger partial charge in [-0.1, -0.05) is 12.1 Å². The third kappa shape index (κ3) is 7.99. The second kappa shape index (κ2) is 13.3. The number of ether oxygens (including phenoxy) is 1. The minimum atomic E-state index is 0.0457. The molecular weight excluding hydrogens is 412 g/mol. The number of pyridine rings is 2. The highest BCUT2D eigenvalue weighted by Gasteiger charge is 2.13. The Morgan fingerprint density at radius 1 is 0.909 bits per heavy atom. The standard InChI is InChI=1S/C27H34N4O2/c1-3-31(4-2)27(32)25-9-5-10-26(20-25)33-19-7-17-30(22-24-11-15-28-16-12-24)18-13-23-8-6-14-29-21-23/h5-6,8-12,14-16,20-21H,3-4,7,13,17-19,22H2,1-2H3. The molecule has 3 aromatic rings. The summed E-state index contributed by atoms with van der Waals surface area (Å²) >= 11 is 0. The lowest BCUT2D eigenvalue weighted by Gasteiger charge is -2.22. The van der Waals surface area contributed by atoms with Gasteiger partial charge in [0.25, 0.3) is 5.91 Å². The first kappa shape index (κ1) is 24.4. The van der Waals surface area contributed by atoms with E-state index in [1.165, 1.54) is 11.1 Å². The number of aromatic nitrogens is 2. The summed E-state index contributed by atoms with van der Waals surface area (Å²) in [6.45, 7) is 8.73. The summed E-state index contributed by atoms with van der Waals surface area (Å²) in [6.07, 6.45) is 9.26. The molecule has 0 saturated carbocycles. The summed E-state index contributed by atoms with van der Waals surface area (Å²) in [5.74, 6) is 0.786. The van der Waals surface area contributed by atoms with Crippen molar-refractivity contribution >= 4 is 5.91 Å². The molecule has 6 heteroatoms. The summed E-state index contributed by atoms with van der Waals surface area (Å²) in [5.41, 5.74) is 3.16. The van der Waals surface area contributed by atoms with Crippen molar-refractivity contribution in [2.24, 2.45) is 0 Å². The highest BCUT2D eigenvalue weighted by molar-refractivity contribution is 5.94. The molecule has 0 spiro atoms. The van der Waals surface area contributed by atoms with Crippen molar-refractivity contribution < 1.29 is 9.53 Å². The van der Waals surface area contributed by atoms with Crippen LogP contribution < -0.4 is 4.74 Å². The fourth-order valence-electron chi connectivity index (χ4n) is 3.74. The zero-order chi connectivity index (χ0) is 23.3. The van der Waals surface area contributed by atoms with Crippen LogP contribution in [0.2, 0.25) is 0 Å². The van der Waals surface area contributed by atoms with E-state index < -0.39 is 0 Å². The van der Waals surface area contributed by atoms with Crippen LogP contribution in [-0.4, -0.2) is 58.5 Å². The van der Waals surface area contributed by atoms with E-state index in [2.05, 4.69) is 33.1 Å². The van der Waals surface area contributed by atoms with Gasteiger partial charge in [-0.25, -0.2) is 0 Å². The number of hydrogen-bond acceptors (Lipinski definition) is 5. The molecular formula is C27H34N4O2. The molecule has 1 aromatic carbocycles. The molecule has 3 rings (SSSR count). The summed E-state index contributed by atoms with van der Waals surface area (Å²) < 4.78 is 5.99. The molecule has 1 amide bonds. The van der Waals surface area contributed by atoms with Crippen LogP contribution >= 0.6 is 0 Å². The number of amides is 1. The first-order chi connectivity index (χ1) is 16.2. The molecule has 0 unspecified atom stereocenters. The number of carbonyl (C=O) groups excluding carboxylic acids is 1. The van der Waals surface area contributed by atoms with Crippen LogP contribution in [0.15, 0.2) is 73.3 Å². The van der Waals surface area contributed by atoms with E-state index in [0.717, 1.165) is 38.2 Å². The minimum absolute atomic E-state index is 0.0457. The maximum Gasteiger partial charge on any atom is 0.253 e. The molecule has 2 aromatic heterocycles. The van der Waals surface area contributed by atoms with E-state index >= 15 is 0 Å². The molecule has 0 N–H and O–H groups in total. The Morgan fingerprint density at radius 3 is 2.45 bits per heavy atom. The molecule has 0 saturated heterocycles.